The summed E-state index contributed by atoms with van der Waals surface area (Å²) in [5.74, 6) is 0.348. The van der Waals surface area contributed by atoms with Crippen molar-refractivity contribution in [2.45, 2.75) is 37.6 Å². The van der Waals surface area contributed by atoms with Crippen molar-refractivity contribution < 1.29 is 9.84 Å². The third-order valence-electron chi connectivity index (χ3n) is 2.81. The number of hydrogen-bond donors (Lipinski definition) is 1. The second-order valence-corrected chi connectivity index (χ2v) is 3.45. The monoisotopic (exact) mass is 154 g/mol. The number of aliphatic hydroxyl groups excluding tert-OH is 1. The minimum absolute atomic E-state index is 0.121. The van der Waals surface area contributed by atoms with Crippen LogP contribution in [-0.2, 0) is 4.74 Å². The molecule has 2 fully saturated rings. The first-order chi connectivity index (χ1) is 5.33. The Hall–Kier alpha value is -0.340. The van der Waals surface area contributed by atoms with E-state index in [0.717, 1.165) is 19.3 Å². The highest BCUT2D eigenvalue weighted by molar-refractivity contribution is 5.02. The van der Waals surface area contributed by atoms with Gasteiger partial charge in [-0.2, -0.15) is 0 Å². The molecule has 1 aliphatic carbocycles. The van der Waals surface area contributed by atoms with Crippen LogP contribution >= 0.6 is 0 Å². The summed E-state index contributed by atoms with van der Waals surface area (Å²) < 4.78 is 5.48. The fourth-order valence-corrected chi connectivity index (χ4v) is 2.17. The molecule has 2 nitrogen and oxygen atoms in total. The van der Waals surface area contributed by atoms with E-state index >= 15 is 0 Å². The van der Waals surface area contributed by atoms with Gasteiger partial charge in [-0.25, -0.2) is 0 Å². The molecule has 0 amide bonds. The minimum Gasteiger partial charge on any atom is -0.393 e. The molecule has 11 heavy (non-hydrogen) atoms. The maximum atomic E-state index is 9.57. The summed E-state index contributed by atoms with van der Waals surface area (Å²) in [7, 11) is 0. The fraction of sp³-hybridized carbons (Fsp3) is 0.778. The number of rotatable bonds is 1. The van der Waals surface area contributed by atoms with Crippen LogP contribution in [0.4, 0.5) is 0 Å². The predicted molar refractivity (Wildman–Crippen MR) is 42.2 cm³/mol. The van der Waals surface area contributed by atoms with E-state index in [9.17, 15) is 5.11 Å². The lowest BCUT2D eigenvalue weighted by atomic mass is 9.76. The standard InChI is InChI=1S/C9H14O2/c1-2-7-9-6(10)4-3-5-8(9)11-7/h2,6-10H,1,3-5H2/t6-,7-,8-,9-/m1/s1. The van der Waals surface area contributed by atoms with Crippen molar-refractivity contribution in [3.63, 3.8) is 0 Å². The van der Waals surface area contributed by atoms with E-state index in [1.807, 2.05) is 0 Å². The van der Waals surface area contributed by atoms with E-state index in [0.29, 0.717) is 12.0 Å². The topological polar surface area (TPSA) is 29.5 Å². The lowest BCUT2D eigenvalue weighted by Gasteiger charge is -2.48. The maximum Gasteiger partial charge on any atom is 0.0834 e. The summed E-state index contributed by atoms with van der Waals surface area (Å²) in [6, 6.07) is 0. The zero-order valence-corrected chi connectivity index (χ0v) is 6.57. The van der Waals surface area contributed by atoms with Gasteiger partial charge in [-0.3, -0.25) is 0 Å². The summed E-state index contributed by atoms with van der Waals surface area (Å²) in [6.07, 6.45) is 5.26. The van der Waals surface area contributed by atoms with Gasteiger partial charge in [0.2, 0.25) is 0 Å². The largest absolute Gasteiger partial charge is 0.393 e. The van der Waals surface area contributed by atoms with Crippen LogP contribution in [-0.4, -0.2) is 23.4 Å². The molecule has 0 radical (unpaired) electrons. The van der Waals surface area contributed by atoms with Crippen LogP contribution in [0.15, 0.2) is 12.7 Å². The highest BCUT2D eigenvalue weighted by Crippen LogP contribution is 2.40. The smallest absolute Gasteiger partial charge is 0.0834 e. The van der Waals surface area contributed by atoms with E-state index < -0.39 is 0 Å². The van der Waals surface area contributed by atoms with Crippen molar-refractivity contribution in [3.05, 3.63) is 12.7 Å². The second-order valence-electron chi connectivity index (χ2n) is 3.45. The predicted octanol–water partition coefficient (Wildman–Crippen LogP) is 1.10. The van der Waals surface area contributed by atoms with E-state index in [1.54, 1.807) is 6.08 Å². The summed E-state index contributed by atoms with van der Waals surface area (Å²) in [5, 5.41) is 9.57. The Kier molecular flexibility index (Phi) is 1.74. The van der Waals surface area contributed by atoms with Crippen molar-refractivity contribution in [3.8, 4) is 0 Å². The summed E-state index contributed by atoms with van der Waals surface area (Å²) in [5.41, 5.74) is 0. The SMILES string of the molecule is C=C[C@H]1O[C@@H]2CCC[C@@H](O)[C@H]12. The van der Waals surface area contributed by atoms with Crippen LogP contribution in [0.5, 0.6) is 0 Å². The zero-order valence-electron chi connectivity index (χ0n) is 6.57. The van der Waals surface area contributed by atoms with Crippen LogP contribution in [0, 0.1) is 5.92 Å². The number of fused-ring (bicyclic) bond motifs is 1. The molecule has 0 aromatic rings. The molecule has 1 aliphatic heterocycles. The molecule has 0 unspecified atom stereocenters. The molecule has 1 saturated heterocycles. The summed E-state index contributed by atoms with van der Waals surface area (Å²) in [4.78, 5) is 0. The first kappa shape index (κ1) is 7.32. The van der Waals surface area contributed by atoms with Gasteiger partial charge in [-0.05, 0) is 19.3 Å². The molecule has 4 atom stereocenters. The molecule has 0 bridgehead atoms. The van der Waals surface area contributed by atoms with Crippen molar-refractivity contribution >= 4 is 0 Å². The molecule has 1 N–H and O–H groups in total. The number of aliphatic hydroxyl groups is 1. The molecule has 1 heterocycles. The van der Waals surface area contributed by atoms with Gasteiger partial charge in [0.05, 0.1) is 18.3 Å². The molecule has 62 valence electrons. The summed E-state index contributed by atoms with van der Waals surface area (Å²) in [6.45, 7) is 3.67. The lowest BCUT2D eigenvalue weighted by molar-refractivity contribution is -0.213. The Labute approximate surface area is 66.9 Å². The van der Waals surface area contributed by atoms with Crippen LogP contribution in [0.1, 0.15) is 19.3 Å². The van der Waals surface area contributed by atoms with Crippen molar-refractivity contribution in [1.82, 2.24) is 0 Å². The van der Waals surface area contributed by atoms with Crippen LogP contribution in [0.2, 0.25) is 0 Å². The van der Waals surface area contributed by atoms with Crippen LogP contribution < -0.4 is 0 Å². The third kappa shape index (κ3) is 1.01. The normalized spacial score (nSPS) is 49.2. The second kappa shape index (κ2) is 2.61. The first-order valence-electron chi connectivity index (χ1n) is 4.29. The van der Waals surface area contributed by atoms with Gasteiger partial charge in [0.1, 0.15) is 0 Å². The van der Waals surface area contributed by atoms with E-state index in [1.165, 1.54) is 0 Å². The highest BCUT2D eigenvalue weighted by atomic mass is 16.5. The molecule has 0 spiro atoms. The molecule has 0 aromatic carbocycles. The fourth-order valence-electron chi connectivity index (χ4n) is 2.17. The third-order valence-corrected chi connectivity index (χ3v) is 2.81. The summed E-state index contributed by atoms with van der Waals surface area (Å²) >= 11 is 0. The molecule has 2 rings (SSSR count). The molecule has 1 saturated carbocycles. The Balaban J connectivity index is 2.02. The quantitative estimate of drug-likeness (QED) is 0.573. The number of hydrogen-bond acceptors (Lipinski definition) is 2. The van der Waals surface area contributed by atoms with Crippen molar-refractivity contribution in [1.29, 1.82) is 0 Å². The van der Waals surface area contributed by atoms with Gasteiger partial charge < -0.3 is 9.84 Å². The maximum absolute atomic E-state index is 9.57. The van der Waals surface area contributed by atoms with Gasteiger partial charge in [0.15, 0.2) is 0 Å². The Bertz CT molecular complexity index is 161. The Morgan fingerprint density at radius 1 is 1.45 bits per heavy atom. The van der Waals surface area contributed by atoms with E-state index in [4.69, 9.17) is 4.74 Å². The van der Waals surface area contributed by atoms with Gasteiger partial charge in [-0.15, -0.1) is 6.58 Å². The lowest BCUT2D eigenvalue weighted by Crippen LogP contribution is -2.55. The molecular formula is C9H14O2. The molecule has 2 aliphatic rings. The highest BCUT2D eigenvalue weighted by Gasteiger charge is 2.46. The number of ether oxygens (including phenoxy) is 1. The van der Waals surface area contributed by atoms with E-state index in [2.05, 4.69) is 6.58 Å². The van der Waals surface area contributed by atoms with Gasteiger partial charge in [0, 0.05) is 5.92 Å². The first-order valence-corrected chi connectivity index (χ1v) is 4.29. The average molecular weight is 154 g/mol. The van der Waals surface area contributed by atoms with Crippen LogP contribution in [0.3, 0.4) is 0 Å². The van der Waals surface area contributed by atoms with Gasteiger partial charge >= 0.3 is 0 Å². The Morgan fingerprint density at radius 2 is 2.27 bits per heavy atom. The van der Waals surface area contributed by atoms with Crippen molar-refractivity contribution in [2.75, 3.05) is 0 Å². The zero-order chi connectivity index (χ0) is 7.84. The Morgan fingerprint density at radius 3 is 2.91 bits per heavy atom. The molecule has 0 aromatic heterocycles. The van der Waals surface area contributed by atoms with Crippen molar-refractivity contribution in [2.24, 2.45) is 5.92 Å². The van der Waals surface area contributed by atoms with Gasteiger partial charge in [0.25, 0.3) is 0 Å². The average Bonchev–Trinajstić information content (AvgIpc) is 1.93. The minimum atomic E-state index is -0.148. The van der Waals surface area contributed by atoms with Crippen LogP contribution in [0.25, 0.3) is 0 Å². The molecular weight excluding hydrogens is 140 g/mol. The molecule has 2 heteroatoms. The van der Waals surface area contributed by atoms with E-state index in [-0.39, 0.29) is 12.2 Å². The van der Waals surface area contributed by atoms with Gasteiger partial charge in [-0.1, -0.05) is 6.08 Å².